The van der Waals surface area contributed by atoms with Crippen LogP contribution >= 0.6 is 0 Å². The number of hydrogen-bond donors (Lipinski definition) is 2. The van der Waals surface area contributed by atoms with Gasteiger partial charge >= 0.3 is 0 Å². The van der Waals surface area contributed by atoms with Crippen molar-refractivity contribution in [1.82, 2.24) is 4.90 Å². The molecule has 3 aromatic rings. The van der Waals surface area contributed by atoms with Crippen molar-refractivity contribution in [1.29, 1.82) is 0 Å². The number of halogens is 1. The van der Waals surface area contributed by atoms with Gasteiger partial charge in [-0.15, -0.1) is 0 Å². The minimum Gasteiger partial charge on any atom is -0.391 e. The summed E-state index contributed by atoms with van der Waals surface area (Å²) in [6.07, 6.45) is 1.23. The van der Waals surface area contributed by atoms with Crippen molar-refractivity contribution < 1.29 is 9.50 Å². The number of aliphatic hydroxyl groups is 1. The van der Waals surface area contributed by atoms with Crippen molar-refractivity contribution in [3.05, 3.63) is 95.3 Å². The molecule has 5 nitrogen and oxygen atoms in total. The number of anilines is 1. The first-order valence-electron chi connectivity index (χ1n) is 11.2. The van der Waals surface area contributed by atoms with Gasteiger partial charge in [0.25, 0.3) is 0 Å². The first-order valence-corrected chi connectivity index (χ1v) is 11.2. The van der Waals surface area contributed by atoms with E-state index in [1.807, 2.05) is 67.3 Å². The van der Waals surface area contributed by atoms with Gasteiger partial charge in [-0.3, -0.25) is 0 Å². The van der Waals surface area contributed by atoms with Gasteiger partial charge in [0.15, 0.2) is 0 Å². The summed E-state index contributed by atoms with van der Waals surface area (Å²) in [6.45, 7) is 5.33. The zero-order valence-electron chi connectivity index (χ0n) is 19.0. The smallest absolute Gasteiger partial charge is 0.227 e. The van der Waals surface area contributed by atoms with Crippen molar-refractivity contribution in [2.45, 2.75) is 32.8 Å². The number of nitrogens with zero attached hydrogens (tertiary/aromatic N) is 3. The van der Waals surface area contributed by atoms with E-state index in [2.05, 4.69) is 5.32 Å². The number of nitrogens with one attached hydrogen (secondary N) is 1. The number of aryl methyl sites for hydroxylation is 2. The topological polar surface area (TPSA) is 60.2 Å². The molecule has 33 heavy (non-hydrogen) atoms. The maximum absolute atomic E-state index is 13.5. The molecule has 3 aromatic carbocycles. The van der Waals surface area contributed by atoms with E-state index in [1.165, 1.54) is 12.1 Å². The van der Waals surface area contributed by atoms with E-state index in [4.69, 9.17) is 9.98 Å². The van der Waals surface area contributed by atoms with Gasteiger partial charge in [0, 0.05) is 24.3 Å². The molecule has 1 aliphatic rings. The van der Waals surface area contributed by atoms with Crippen molar-refractivity contribution in [2.24, 2.45) is 9.98 Å². The molecule has 0 saturated carbocycles. The van der Waals surface area contributed by atoms with Gasteiger partial charge < -0.3 is 15.3 Å². The fourth-order valence-electron chi connectivity index (χ4n) is 4.03. The summed E-state index contributed by atoms with van der Waals surface area (Å²) in [7, 11) is 0. The third-order valence-corrected chi connectivity index (χ3v) is 5.70. The van der Waals surface area contributed by atoms with Crippen LogP contribution in [0.25, 0.3) is 0 Å². The molecule has 6 heteroatoms. The number of likely N-dealkylation sites (tertiary alicyclic amines) is 1. The Balaban J connectivity index is 1.83. The molecule has 1 aliphatic heterocycles. The number of guanidine groups is 1. The predicted octanol–water partition coefficient (Wildman–Crippen LogP) is 5.45. The van der Waals surface area contributed by atoms with E-state index in [0.29, 0.717) is 18.3 Å². The number of aliphatic hydroxyl groups excluding tert-OH is 1. The van der Waals surface area contributed by atoms with Gasteiger partial charge in [0.1, 0.15) is 11.7 Å². The summed E-state index contributed by atoms with van der Waals surface area (Å²) < 4.78 is 13.5. The number of benzene rings is 3. The van der Waals surface area contributed by atoms with Crippen LogP contribution in [0.2, 0.25) is 0 Å². The Morgan fingerprint density at radius 2 is 1.67 bits per heavy atom. The highest BCUT2D eigenvalue weighted by Gasteiger charge is 2.22. The van der Waals surface area contributed by atoms with Gasteiger partial charge in [-0.05, 0) is 74.2 Å². The number of hydrogen-bond acceptors (Lipinski definition) is 2. The number of β-amino-alcohol motifs (C(OH)–C–C–N with tert-alkyl or cyclic N) is 1. The lowest BCUT2D eigenvalue weighted by atomic mass is 10.0. The molecule has 2 N–H and O–H groups in total. The molecule has 0 radical (unpaired) electrons. The maximum Gasteiger partial charge on any atom is 0.227 e. The van der Waals surface area contributed by atoms with E-state index < -0.39 is 6.10 Å². The highest BCUT2D eigenvalue weighted by molar-refractivity contribution is 6.14. The number of rotatable bonds is 3. The first-order chi connectivity index (χ1) is 16.0. The van der Waals surface area contributed by atoms with E-state index >= 15 is 0 Å². The van der Waals surface area contributed by atoms with Gasteiger partial charge in [0.2, 0.25) is 5.96 Å². The lowest BCUT2D eigenvalue weighted by Gasteiger charge is -2.31. The summed E-state index contributed by atoms with van der Waals surface area (Å²) in [5, 5.41) is 13.7. The van der Waals surface area contributed by atoms with Gasteiger partial charge in [-0.1, -0.05) is 36.4 Å². The van der Waals surface area contributed by atoms with Gasteiger partial charge in [0.05, 0.1) is 11.8 Å². The third-order valence-electron chi connectivity index (χ3n) is 5.70. The van der Waals surface area contributed by atoms with Crippen LogP contribution in [0.5, 0.6) is 0 Å². The Labute approximate surface area is 194 Å². The van der Waals surface area contributed by atoms with E-state index in [1.54, 1.807) is 12.1 Å². The first kappa shape index (κ1) is 22.7. The lowest BCUT2D eigenvalue weighted by molar-refractivity contribution is 0.103. The van der Waals surface area contributed by atoms with E-state index in [9.17, 15) is 9.50 Å². The molecule has 1 fully saturated rings. The van der Waals surface area contributed by atoms with Crippen LogP contribution in [-0.2, 0) is 0 Å². The second-order valence-electron chi connectivity index (χ2n) is 8.35. The monoisotopic (exact) mass is 444 g/mol. The molecule has 1 saturated heterocycles. The highest BCUT2D eigenvalue weighted by Crippen LogP contribution is 2.21. The predicted molar refractivity (Wildman–Crippen MR) is 133 cm³/mol. The minimum absolute atomic E-state index is 0.292. The van der Waals surface area contributed by atoms with E-state index in [-0.39, 0.29) is 5.82 Å². The zero-order valence-corrected chi connectivity index (χ0v) is 19.0. The molecule has 0 amide bonds. The Morgan fingerprint density at radius 1 is 0.970 bits per heavy atom. The Morgan fingerprint density at radius 3 is 2.33 bits per heavy atom. The summed E-state index contributed by atoms with van der Waals surface area (Å²) in [5.41, 5.74) is 4.64. The van der Waals surface area contributed by atoms with Crippen LogP contribution in [0, 0.1) is 19.7 Å². The van der Waals surface area contributed by atoms with Crippen LogP contribution in [-0.4, -0.2) is 41.0 Å². The number of piperidine rings is 1. The van der Waals surface area contributed by atoms with Gasteiger partial charge in [-0.2, -0.15) is 4.99 Å². The fourth-order valence-corrected chi connectivity index (χ4v) is 4.03. The average Bonchev–Trinajstić information content (AvgIpc) is 2.80. The van der Waals surface area contributed by atoms with Crippen LogP contribution < -0.4 is 5.32 Å². The zero-order chi connectivity index (χ0) is 23.2. The fraction of sp³-hybridized carbons (Fsp3) is 0.259. The lowest BCUT2D eigenvalue weighted by Crippen LogP contribution is -2.42. The molecule has 1 unspecified atom stereocenters. The quantitative estimate of drug-likeness (QED) is 0.417. The van der Waals surface area contributed by atoms with Crippen molar-refractivity contribution >= 4 is 23.2 Å². The Kier molecular flexibility index (Phi) is 7.15. The molecule has 0 aliphatic carbocycles. The minimum atomic E-state index is -0.413. The van der Waals surface area contributed by atoms with Crippen molar-refractivity contribution in [3.63, 3.8) is 0 Å². The molecule has 0 aromatic heterocycles. The molecular weight excluding hydrogens is 415 g/mol. The summed E-state index contributed by atoms with van der Waals surface area (Å²) in [4.78, 5) is 11.9. The summed E-state index contributed by atoms with van der Waals surface area (Å²) in [5.74, 6) is 0.874. The molecule has 0 bridgehead atoms. The number of aliphatic imine (C=N–C) groups is 2. The van der Waals surface area contributed by atoms with E-state index in [0.717, 1.165) is 47.5 Å². The number of amidine groups is 1. The molecule has 1 atom stereocenters. The second-order valence-corrected chi connectivity index (χ2v) is 8.35. The Bertz CT molecular complexity index is 1120. The maximum atomic E-state index is 13.5. The Hall–Kier alpha value is -3.51. The summed E-state index contributed by atoms with van der Waals surface area (Å²) in [6, 6.07) is 22.0. The highest BCUT2D eigenvalue weighted by atomic mass is 19.1. The number of para-hydroxylation sites is 1. The van der Waals surface area contributed by atoms with Crippen LogP contribution in [0.3, 0.4) is 0 Å². The SMILES string of the molecule is Cc1cccc(C)c1C(=NC(=Nc1ccccc1)N1CCCC(O)C1)Nc1ccc(F)cc1. The molecular formula is C27H29FN4O. The third kappa shape index (κ3) is 5.84. The van der Waals surface area contributed by atoms with Gasteiger partial charge in [-0.25, -0.2) is 9.38 Å². The van der Waals surface area contributed by atoms with Crippen LogP contribution in [0.15, 0.2) is 82.8 Å². The normalized spacial score (nSPS) is 17.2. The van der Waals surface area contributed by atoms with Crippen molar-refractivity contribution in [2.75, 3.05) is 18.4 Å². The average molecular weight is 445 g/mol. The molecule has 1 heterocycles. The van der Waals surface area contributed by atoms with Crippen LogP contribution in [0.4, 0.5) is 15.8 Å². The molecule has 4 rings (SSSR count). The van der Waals surface area contributed by atoms with Crippen molar-refractivity contribution in [3.8, 4) is 0 Å². The molecule has 170 valence electrons. The largest absolute Gasteiger partial charge is 0.391 e. The second kappa shape index (κ2) is 10.4. The standard InChI is InChI=1S/C27H29FN4O/c1-19-8-6-9-20(2)25(19)26(29-23-15-13-21(28)14-16-23)31-27(30-22-10-4-3-5-11-22)32-17-7-12-24(33)18-32/h3-6,8-11,13-16,24,33H,7,12,17-18H2,1-2H3,(H,29,30,31). The van der Waals surface area contributed by atoms with Crippen LogP contribution in [0.1, 0.15) is 29.5 Å². The summed E-state index contributed by atoms with van der Waals surface area (Å²) >= 11 is 0. The molecule has 0 spiro atoms.